The number of nitrogens with zero attached hydrogens (tertiary/aromatic N) is 1. The number of nitrogens with one attached hydrogen (secondary N) is 1. The third-order valence-electron chi connectivity index (χ3n) is 6.14. The molecule has 4 rings (SSSR count). The summed E-state index contributed by atoms with van der Waals surface area (Å²) in [6.07, 6.45) is 4.80. The molecule has 0 atom stereocenters. The molecule has 178 valence electrons. The van der Waals surface area contributed by atoms with Gasteiger partial charge < -0.3 is 10.1 Å². The minimum Gasteiger partial charge on any atom is -0.490 e. The molecule has 0 unspecified atom stereocenters. The molecular weight excluding hydrogens is 448 g/mol. The van der Waals surface area contributed by atoms with E-state index in [1.807, 2.05) is 32.0 Å². The summed E-state index contributed by atoms with van der Waals surface area (Å²) < 4.78 is 34.0. The standard InChI is InChI=1S/C27H30N2O4S/c1-20-12-15-23(18-21(20)2)29(34(31,32)26-10-4-3-5-11-26)19-27(30)28-22-13-16-25(17-14-22)33-24-8-6-7-9-24/h3-5,10-18,24H,6-9,19H2,1-2H3,(H,28,30). The molecule has 0 aromatic heterocycles. The van der Waals surface area contributed by atoms with Crippen molar-refractivity contribution in [1.82, 2.24) is 0 Å². The van der Waals surface area contributed by atoms with Crippen molar-refractivity contribution in [2.75, 3.05) is 16.2 Å². The lowest BCUT2D eigenvalue weighted by molar-refractivity contribution is -0.114. The van der Waals surface area contributed by atoms with E-state index in [0.29, 0.717) is 11.4 Å². The second-order valence-corrected chi connectivity index (χ2v) is 10.6. The minimum absolute atomic E-state index is 0.134. The Morgan fingerprint density at radius 3 is 2.26 bits per heavy atom. The van der Waals surface area contributed by atoms with Gasteiger partial charge in [0.2, 0.25) is 5.91 Å². The van der Waals surface area contributed by atoms with Crippen molar-refractivity contribution >= 4 is 27.3 Å². The summed E-state index contributed by atoms with van der Waals surface area (Å²) in [6.45, 7) is 3.53. The number of sulfonamides is 1. The Hall–Kier alpha value is -3.32. The molecular formula is C27H30N2O4S. The Morgan fingerprint density at radius 1 is 0.941 bits per heavy atom. The molecule has 3 aromatic rings. The van der Waals surface area contributed by atoms with Crippen molar-refractivity contribution < 1.29 is 17.9 Å². The molecule has 1 aliphatic carbocycles. The van der Waals surface area contributed by atoms with Crippen LogP contribution in [-0.2, 0) is 14.8 Å². The summed E-state index contributed by atoms with van der Waals surface area (Å²) in [4.78, 5) is 13.1. The van der Waals surface area contributed by atoms with Crippen LogP contribution in [0.2, 0.25) is 0 Å². The van der Waals surface area contributed by atoms with Crippen molar-refractivity contribution in [1.29, 1.82) is 0 Å². The summed E-state index contributed by atoms with van der Waals surface area (Å²) in [7, 11) is -3.94. The fraction of sp³-hybridized carbons (Fsp3) is 0.296. The van der Waals surface area contributed by atoms with Crippen LogP contribution in [0.5, 0.6) is 5.75 Å². The summed E-state index contributed by atoms with van der Waals surface area (Å²) in [6, 6.07) is 20.7. The van der Waals surface area contributed by atoms with Crippen molar-refractivity contribution in [3.8, 4) is 5.75 Å². The molecule has 6 nitrogen and oxygen atoms in total. The molecule has 0 bridgehead atoms. The van der Waals surface area contributed by atoms with Crippen LogP contribution in [0.25, 0.3) is 0 Å². The van der Waals surface area contributed by atoms with Gasteiger partial charge in [-0.2, -0.15) is 0 Å². The monoisotopic (exact) mass is 478 g/mol. The van der Waals surface area contributed by atoms with E-state index < -0.39 is 15.9 Å². The SMILES string of the molecule is Cc1ccc(N(CC(=O)Nc2ccc(OC3CCCC3)cc2)S(=O)(=O)c2ccccc2)cc1C. The molecule has 0 saturated heterocycles. The Balaban J connectivity index is 1.52. The number of ether oxygens (including phenoxy) is 1. The predicted molar refractivity (Wildman–Crippen MR) is 135 cm³/mol. The van der Waals surface area contributed by atoms with E-state index >= 15 is 0 Å². The number of hydrogen-bond acceptors (Lipinski definition) is 4. The van der Waals surface area contributed by atoms with Gasteiger partial charge >= 0.3 is 0 Å². The van der Waals surface area contributed by atoms with E-state index in [1.54, 1.807) is 42.5 Å². The first-order valence-corrected chi connectivity index (χ1v) is 13.0. The number of benzene rings is 3. The minimum atomic E-state index is -3.94. The zero-order valence-electron chi connectivity index (χ0n) is 19.5. The van der Waals surface area contributed by atoms with Crippen LogP contribution in [0.1, 0.15) is 36.8 Å². The van der Waals surface area contributed by atoms with Gasteiger partial charge in [-0.3, -0.25) is 9.10 Å². The molecule has 1 amide bonds. The van der Waals surface area contributed by atoms with Gasteiger partial charge in [0.15, 0.2) is 0 Å². The van der Waals surface area contributed by atoms with Gasteiger partial charge in [-0.1, -0.05) is 24.3 Å². The normalized spacial score (nSPS) is 14.1. The number of hydrogen-bond donors (Lipinski definition) is 1. The zero-order chi connectivity index (χ0) is 24.1. The van der Waals surface area contributed by atoms with Crippen molar-refractivity contribution in [2.45, 2.75) is 50.5 Å². The maximum atomic E-state index is 13.5. The average molecular weight is 479 g/mol. The first-order valence-electron chi connectivity index (χ1n) is 11.5. The lowest BCUT2D eigenvalue weighted by Gasteiger charge is -2.25. The highest BCUT2D eigenvalue weighted by molar-refractivity contribution is 7.92. The largest absolute Gasteiger partial charge is 0.490 e. The van der Waals surface area contributed by atoms with Crippen LogP contribution < -0.4 is 14.4 Å². The predicted octanol–water partition coefficient (Wildman–Crippen LogP) is 5.46. The summed E-state index contributed by atoms with van der Waals surface area (Å²) in [5.41, 5.74) is 3.03. The first-order chi connectivity index (χ1) is 16.3. The molecule has 7 heteroatoms. The Labute approximate surface area is 201 Å². The zero-order valence-corrected chi connectivity index (χ0v) is 20.3. The Morgan fingerprint density at radius 2 is 1.62 bits per heavy atom. The van der Waals surface area contributed by atoms with Crippen LogP contribution >= 0.6 is 0 Å². The fourth-order valence-electron chi connectivity index (χ4n) is 4.06. The maximum Gasteiger partial charge on any atom is 0.264 e. The van der Waals surface area contributed by atoms with Crippen LogP contribution in [0.4, 0.5) is 11.4 Å². The summed E-state index contributed by atoms with van der Waals surface area (Å²) >= 11 is 0. The van der Waals surface area contributed by atoms with E-state index in [2.05, 4.69) is 5.32 Å². The van der Waals surface area contributed by atoms with Crippen molar-refractivity contribution in [3.63, 3.8) is 0 Å². The van der Waals surface area contributed by atoms with Gasteiger partial charge in [0.1, 0.15) is 12.3 Å². The molecule has 1 aliphatic rings. The lowest BCUT2D eigenvalue weighted by Crippen LogP contribution is -2.38. The quantitative estimate of drug-likeness (QED) is 0.467. The Bertz CT molecular complexity index is 1240. The van der Waals surface area contributed by atoms with Crippen LogP contribution in [-0.4, -0.2) is 27.0 Å². The van der Waals surface area contributed by atoms with Gasteiger partial charge in [-0.25, -0.2) is 8.42 Å². The maximum absolute atomic E-state index is 13.5. The number of amides is 1. The first kappa shape index (κ1) is 23.8. The highest BCUT2D eigenvalue weighted by Gasteiger charge is 2.27. The third kappa shape index (κ3) is 5.59. The molecule has 0 radical (unpaired) electrons. The fourth-order valence-corrected chi connectivity index (χ4v) is 5.50. The number of anilines is 2. The van der Waals surface area contributed by atoms with Gasteiger partial charge in [0.25, 0.3) is 10.0 Å². The number of aryl methyl sites for hydroxylation is 2. The second kappa shape index (κ2) is 10.3. The molecule has 1 N–H and O–H groups in total. The highest BCUT2D eigenvalue weighted by atomic mass is 32.2. The average Bonchev–Trinajstić information content (AvgIpc) is 3.34. The third-order valence-corrected chi connectivity index (χ3v) is 7.93. The number of carbonyl (C=O) groups is 1. The second-order valence-electron chi connectivity index (χ2n) is 8.69. The van der Waals surface area contributed by atoms with E-state index in [0.717, 1.165) is 34.0 Å². The number of rotatable bonds is 8. The highest BCUT2D eigenvalue weighted by Crippen LogP contribution is 2.27. The Kier molecular flexibility index (Phi) is 7.22. The topological polar surface area (TPSA) is 75.7 Å². The lowest BCUT2D eigenvalue weighted by atomic mass is 10.1. The molecule has 1 saturated carbocycles. The van der Waals surface area contributed by atoms with Crippen molar-refractivity contribution in [2.24, 2.45) is 0 Å². The van der Waals surface area contributed by atoms with E-state index in [4.69, 9.17) is 4.74 Å². The molecule has 0 spiro atoms. The molecule has 1 fully saturated rings. The van der Waals surface area contributed by atoms with Gasteiger partial charge in [-0.05, 0) is 99.2 Å². The van der Waals surface area contributed by atoms with Gasteiger partial charge in [0, 0.05) is 5.69 Å². The summed E-state index contributed by atoms with van der Waals surface area (Å²) in [5.74, 6) is 0.343. The van der Waals surface area contributed by atoms with Crippen molar-refractivity contribution in [3.05, 3.63) is 83.9 Å². The van der Waals surface area contributed by atoms with Crippen LogP contribution in [0, 0.1) is 13.8 Å². The summed E-state index contributed by atoms with van der Waals surface area (Å²) in [5, 5.41) is 2.81. The molecule has 3 aromatic carbocycles. The number of carbonyl (C=O) groups excluding carboxylic acids is 1. The van der Waals surface area contributed by atoms with Gasteiger partial charge in [0.05, 0.1) is 16.7 Å². The molecule has 34 heavy (non-hydrogen) atoms. The van der Waals surface area contributed by atoms with E-state index in [9.17, 15) is 13.2 Å². The van der Waals surface area contributed by atoms with E-state index in [1.165, 1.54) is 25.0 Å². The van der Waals surface area contributed by atoms with Gasteiger partial charge in [-0.15, -0.1) is 0 Å². The van der Waals surface area contributed by atoms with Crippen LogP contribution in [0.15, 0.2) is 77.7 Å². The van der Waals surface area contributed by atoms with E-state index in [-0.39, 0.29) is 17.5 Å². The molecule has 0 heterocycles. The molecule has 0 aliphatic heterocycles. The smallest absolute Gasteiger partial charge is 0.264 e. The van der Waals surface area contributed by atoms with Crippen LogP contribution in [0.3, 0.4) is 0 Å².